The van der Waals surface area contributed by atoms with Gasteiger partial charge in [-0.15, -0.1) is 0 Å². The van der Waals surface area contributed by atoms with Gasteiger partial charge in [-0.2, -0.15) is 0 Å². The molecule has 0 atom stereocenters. The summed E-state index contributed by atoms with van der Waals surface area (Å²) in [5, 5.41) is 0. The molecular weight excluding hydrogens is 238 g/mol. The molecule has 0 aromatic carbocycles. The zero-order valence-electron chi connectivity index (χ0n) is 12.2. The van der Waals surface area contributed by atoms with Crippen LogP contribution in [0.1, 0.15) is 39.5 Å². The van der Waals surface area contributed by atoms with Crippen LogP contribution in [-0.4, -0.2) is 24.5 Å². The molecule has 0 aliphatic carbocycles. The van der Waals surface area contributed by atoms with Crippen molar-refractivity contribution in [1.82, 2.24) is 4.98 Å². The van der Waals surface area contributed by atoms with Crippen LogP contribution in [0.4, 0.5) is 5.69 Å². The van der Waals surface area contributed by atoms with Crippen molar-refractivity contribution in [1.29, 1.82) is 0 Å². The minimum Gasteiger partial charge on any atom is -0.329 e. The van der Waals surface area contributed by atoms with E-state index in [2.05, 4.69) is 18.8 Å². The number of carbonyl (C=O) groups excluding carboxylic acids is 1. The van der Waals surface area contributed by atoms with Crippen molar-refractivity contribution >= 4 is 11.6 Å². The van der Waals surface area contributed by atoms with E-state index < -0.39 is 5.41 Å². The second kappa shape index (κ2) is 7.24. The first kappa shape index (κ1) is 15.6. The summed E-state index contributed by atoms with van der Waals surface area (Å²) in [5.74, 6) is 0.103. The minimum absolute atomic E-state index is 0.103. The molecule has 0 aliphatic rings. The van der Waals surface area contributed by atoms with Gasteiger partial charge in [-0.25, -0.2) is 0 Å². The van der Waals surface area contributed by atoms with E-state index >= 15 is 0 Å². The predicted octanol–water partition coefficient (Wildman–Crippen LogP) is 2.59. The maximum Gasteiger partial charge on any atom is 0.234 e. The number of rotatable bonds is 7. The number of anilines is 1. The van der Waals surface area contributed by atoms with Gasteiger partial charge in [0.05, 0.1) is 17.3 Å². The van der Waals surface area contributed by atoms with Gasteiger partial charge in [0.1, 0.15) is 0 Å². The fourth-order valence-corrected chi connectivity index (χ4v) is 2.61. The molecular formula is C15H25N3O. The van der Waals surface area contributed by atoms with Crippen molar-refractivity contribution in [2.24, 2.45) is 11.1 Å². The lowest BCUT2D eigenvalue weighted by Gasteiger charge is -2.34. The van der Waals surface area contributed by atoms with Gasteiger partial charge in [0.25, 0.3) is 0 Å². The van der Waals surface area contributed by atoms with Crippen LogP contribution in [0.3, 0.4) is 0 Å². The molecule has 1 amide bonds. The van der Waals surface area contributed by atoms with Crippen LogP contribution in [0, 0.1) is 5.41 Å². The zero-order chi connectivity index (χ0) is 14.3. The number of amides is 1. The van der Waals surface area contributed by atoms with Crippen molar-refractivity contribution < 1.29 is 4.79 Å². The van der Waals surface area contributed by atoms with Gasteiger partial charge in [-0.1, -0.05) is 26.7 Å². The van der Waals surface area contributed by atoms with Crippen molar-refractivity contribution in [3.63, 3.8) is 0 Å². The second-order valence-corrected chi connectivity index (χ2v) is 5.06. The molecule has 1 heterocycles. The van der Waals surface area contributed by atoms with E-state index in [1.165, 1.54) is 0 Å². The molecule has 0 saturated carbocycles. The van der Waals surface area contributed by atoms with Crippen LogP contribution in [0.5, 0.6) is 0 Å². The predicted molar refractivity (Wildman–Crippen MR) is 79.0 cm³/mol. The molecule has 1 aromatic heterocycles. The van der Waals surface area contributed by atoms with Gasteiger partial charge in [-0.05, 0) is 25.0 Å². The Labute approximate surface area is 116 Å². The third kappa shape index (κ3) is 3.53. The Balaban J connectivity index is 2.99. The number of nitrogens with zero attached hydrogens (tertiary/aromatic N) is 2. The summed E-state index contributed by atoms with van der Waals surface area (Å²) < 4.78 is 0. The second-order valence-electron chi connectivity index (χ2n) is 5.06. The highest BCUT2D eigenvalue weighted by Gasteiger charge is 2.37. The zero-order valence-corrected chi connectivity index (χ0v) is 12.2. The summed E-state index contributed by atoms with van der Waals surface area (Å²) in [5.41, 5.74) is 6.31. The van der Waals surface area contributed by atoms with Gasteiger partial charge >= 0.3 is 0 Å². The number of pyridine rings is 1. The van der Waals surface area contributed by atoms with Gasteiger partial charge in [-0.3, -0.25) is 9.78 Å². The van der Waals surface area contributed by atoms with Crippen LogP contribution in [-0.2, 0) is 4.79 Å². The third-order valence-corrected chi connectivity index (χ3v) is 3.64. The minimum atomic E-state index is -0.436. The van der Waals surface area contributed by atoms with Crippen molar-refractivity contribution in [2.45, 2.75) is 39.5 Å². The molecule has 1 aromatic rings. The molecule has 2 N–H and O–H groups in total. The average molecular weight is 263 g/mol. The van der Waals surface area contributed by atoms with E-state index in [4.69, 9.17) is 5.73 Å². The van der Waals surface area contributed by atoms with Crippen LogP contribution >= 0.6 is 0 Å². The molecule has 0 aliphatic heterocycles. The Kier molecular flexibility index (Phi) is 5.96. The maximum absolute atomic E-state index is 12.8. The summed E-state index contributed by atoms with van der Waals surface area (Å²) in [6, 6.07) is 3.73. The fourth-order valence-electron chi connectivity index (χ4n) is 2.61. The van der Waals surface area contributed by atoms with Crippen molar-refractivity contribution in [3.05, 3.63) is 24.5 Å². The van der Waals surface area contributed by atoms with E-state index in [9.17, 15) is 4.79 Å². The van der Waals surface area contributed by atoms with E-state index in [1.807, 2.05) is 12.1 Å². The maximum atomic E-state index is 12.8. The van der Waals surface area contributed by atoms with Gasteiger partial charge in [0, 0.05) is 19.8 Å². The number of hydrogen-bond donors (Lipinski definition) is 1. The standard InChI is InChI=1S/C15H25N3O/c1-4-8-15(12-16,9-5-2)14(19)18(3)13-7-6-10-17-11-13/h6-7,10-11H,4-5,8-9,12,16H2,1-3H3. The average Bonchev–Trinajstić information content (AvgIpc) is 2.46. The van der Waals surface area contributed by atoms with E-state index in [-0.39, 0.29) is 5.91 Å². The number of hydrogen-bond acceptors (Lipinski definition) is 3. The lowest BCUT2D eigenvalue weighted by molar-refractivity contribution is -0.128. The first-order valence-electron chi connectivity index (χ1n) is 6.99. The Morgan fingerprint density at radius 1 is 1.37 bits per heavy atom. The van der Waals surface area contributed by atoms with Gasteiger partial charge < -0.3 is 10.6 Å². The molecule has 0 radical (unpaired) electrons. The lowest BCUT2D eigenvalue weighted by atomic mass is 9.78. The quantitative estimate of drug-likeness (QED) is 0.822. The summed E-state index contributed by atoms with van der Waals surface area (Å²) in [7, 11) is 1.80. The largest absolute Gasteiger partial charge is 0.329 e. The number of nitrogens with two attached hydrogens (primary N) is 1. The summed E-state index contributed by atoms with van der Waals surface area (Å²) in [6.45, 7) is 4.59. The van der Waals surface area contributed by atoms with E-state index in [0.717, 1.165) is 31.4 Å². The van der Waals surface area contributed by atoms with Crippen LogP contribution < -0.4 is 10.6 Å². The smallest absolute Gasteiger partial charge is 0.234 e. The molecule has 0 saturated heterocycles. The molecule has 106 valence electrons. The fraction of sp³-hybridized carbons (Fsp3) is 0.600. The van der Waals surface area contributed by atoms with Crippen molar-refractivity contribution in [3.8, 4) is 0 Å². The SMILES string of the molecule is CCCC(CN)(CCC)C(=O)N(C)c1cccnc1. The Morgan fingerprint density at radius 2 is 2.00 bits per heavy atom. The van der Waals surface area contributed by atoms with Crippen LogP contribution in [0.2, 0.25) is 0 Å². The molecule has 0 spiro atoms. The van der Waals surface area contributed by atoms with Crippen molar-refractivity contribution in [2.75, 3.05) is 18.5 Å². The molecule has 1 rings (SSSR count). The molecule has 0 unspecified atom stereocenters. The summed E-state index contributed by atoms with van der Waals surface area (Å²) in [6.07, 6.45) is 7.00. The molecule has 4 heteroatoms. The summed E-state index contributed by atoms with van der Waals surface area (Å²) >= 11 is 0. The van der Waals surface area contributed by atoms with Gasteiger partial charge in [0.2, 0.25) is 5.91 Å². The lowest BCUT2D eigenvalue weighted by Crippen LogP contribution is -2.47. The van der Waals surface area contributed by atoms with E-state index in [0.29, 0.717) is 6.54 Å². The Bertz CT molecular complexity index is 386. The first-order valence-corrected chi connectivity index (χ1v) is 6.99. The van der Waals surface area contributed by atoms with Gasteiger partial charge in [0.15, 0.2) is 0 Å². The monoisotopic (exact) mass is 263 g/mol. The highest BCUT2D eigenvalue weighted by atomic mass is 16.2. The van der Waals surface area contributed by atoms with E-state index in [1.54, 1.807) is 24.3 Å². The summed E-state index contributed by atoms with van der Waals surface area (Å²) in [4.78, 5) is 18.5. The topological polar surface area (TPSA) is 59.2 Å². The number of carbonyl (C=O) groups is 1. The Morgan fingerprint density at radius 3 is 2.42 bits per heavy atom. The highest BCUT2D eigenvalue weighted by Crippen LogP contribution is 2.32. The van der Waals surface area contributed by atoms with Crippen LogP contribution in [0.15, 0.2) is 24.5 Å². The highest BCUT2D eigenvalue weighted by molar-refractivity contribution is 5.97. The molecule has 4 nitrogen and oxygen atoms in total. The molecule has 0 bridgehead atoms. The molecule has 19 heavy (non-hydrogen) atoms. The third-order valence-electron chi connectivity index (χ3n) is 3.64. The van der Waals surface area contributed by atoms with Crippen LogP contribution in [0.25, 0.3) is 0 Å². The Hall–Kier alpha value is -1.42. The normalized spacial score (nSPS) is 11.4. The molecule has 0 fully saturated rings. The number of aromatic nitrogens is 1. The first-order chi connectivity index (χ1) is 9.11.